The van der Waals surface area contributed by atoms with E-state index in [1.54, 1.807) is 24.3 Å². The molecule has 1 heterocycles. The number of carbonyl (C=O) groups excluding carboxylic acids is 1. The van der Waals surface area contributed by atoms with Crippen LogP contribution in [-0.2, 0) is 54.7 Å². The maximum Gasteiger partial charge on any atom is 0.477 e. The highest BCUT2D eigenvalue weighted by Crippen LogP contribution is 2.53. The highest BCUT2D eigenvalue weighted by molar-refractivity contribution is 7.48. The summed E-state index contributed by atoms with van der Waals surface area (Å²) in [7, 11) is -7.48. The van der Waals surface area contributed by atoms with E-state index >= 15 is 0 Å². The van der Waals surface area contributed by atoms with Gasteiger partial charge in [-0.25, -0.2) is 9.36 Å². The first kappa shape index (κ1) is 48.2. The quantitative estimate of drug-likeness (QED) is 0.0272. The minimum atomic E-state index is -4.33. The molecule has 1 fully saturated rings. The van der Waals surface area contributed by atoms with Gasteiger partial charge in [0.25, 0.3) is 8.32 Å². The SMILES string of the molecule is CCCCOP(=O)(OCCCC)O[C@H]1O[C@H](CO[Si](c2ccccc2)(c2ccccc2)C(C)(C)C)[C@@H](OCc2ccccc2)[C@H](OCc2ccccc2)[C@@H]1OC(=O)c1ccccc1. The van der Waals surface area contributed by atoms with E-state index in [9.17, 15) is 9.36 Å². The monoisotopic (exact) mass is 894 g/mol. The minimum Gasteiger partial charge on any atom is -0.450 e. The fraction of sp³-hybridized carbons (Fsp3) is 0.392. The lowest BCUT2D eigenvalue weighted by atomic mass is 9.98. The van der Waals surface area contributed by atoms with Gasteiger partial charge in [-0.1, -0.05) is 187 Å². The Balaban J connectivity index is 1.48. The van der Waals surface area contributed by atoms with Crippen LogP contribution in [0.4, 0.5) is 0 Å². The van der Waals surface area contributed by atoms with Gasteiger partial charge in [0.1, 0.15) is 18.3 Å². The Morgan fingerprint density at radius 3 is 1.52 bits per heavy atom. The molecule has 336 valence electrons. The number of esters is 1. The average Bonchev–Trinajstić information content (AvgIpc) is 3.30. The molecular formula is C51H63O10PSi. The van der Waals surface area contributed by atoms with E-state index in [1.807, 2.05) is 117 Å². The van der Waals surface area contributed by atoms with Crippen molar-refractivity contribution >= 4 is 32.5 Å². The highest BCUT2D eigenvalue weighted by atomic mass is 31.2. The van der Waals surface area contributed by atoms with Gasteiger partial charge in [-0.15, -0.1) is 0 Å². The number of phosphoric acid groups is 1. The van der Waals surface area contributed by atoms with Crippen LogP contribution in [0.2, 0.25) is 5.04 Å². The van der Waals surface area contributed by atoms with Crippen LogP contribution < -0.4 is 10.4 Å². The van der Waals surface area contributed by atoms with Crippen LogP contribution >= 0.6 is 7.82 Å². The third-order valence-electron chi connectivity index (χ3n) is 11.0. The fourth-order valence-electron chi connectivity index (χ4n) is 7.75. The Morgan fingerprint density at radius 1 is 0.619 bits per heavy atom. The Morgan fingerprint density at radius 2 is 1.06 bits per heavy atom. The first-order valence-electron chi connectivity index (χ1n) is 22.1. The molecule has 0 N–H and O–H groups in total. The predicted molar refractivity (Wildman–Crippen MR) is 248 cm³/mol. The predicted octanol–water partition coefficient (Wildman–Crippen LogP) is 10.4. The van der Waals surface area contributed by atoms with Crippen molar-refractivity contribution in [1.29, 1.82) is 0 Å². The number of phosphoric ester groups is 1. The molecule has 1 aliphatic rings. The van der Waals surface area contributed by atoms with E-state index in [0.717, 1.165) is 34.3 Å². The largest absolute Gasteiger partial charge is 0.477 e. The Labute approximate surface area is 374 Å². The number of ether oxygens (including phenoxy) is 4. The zero-order valence-corrected chi connectivity index (χ0v) is 39.1. The van der Waals surface area contributed by atoms with Crippen molar-refractivity contribution in [2.75, 3.05) is 19.8 Å². The van der Waals surface area contributed by atoms with Crippen LogP contribution in [0.15, 0.2) is 152 Å². The second-order valence-corrected chi connectivity index (χ2v) is 22.6. The molecule has 0 amide bonds. The summed E-state index contributed by atoms with van der Waals surface area (Å²) in [5.74, 6) is -0.649. The lowest BCUT2D eigenvalue weighted by Gasteiger charge is -2.48. The number of rotatable bonds is 23. The van der Waals surface area contributed by atoms with Crippen LogP contribution in [0.3, 0.4) is 0 Å². The maximum absolute atomic E-state index is 14.8. The first-order chi connectivity index (χ1) is 30.6. The summed E-state index contributed by atoms with van der Waals surface area (Å²) in [6.45, 7) is 11.2. The summed E-state index contributed by atoms with van der Waals surface area (Å²) >= 11 is 0. The van der Waals surface area contributed by atoms with Gasteiger partial charge in [0.05, 0.1) is 38.6 Å². The molecule has 12 heteroatoms. The molecule has 5 aromatic rings. The highest BCUT2D eigenvalue weighted by Gasteiger charge is 2.55. The molecule has 63 heavy (non-hydrogen) atoms. The summed E-state index contributed by atoms with van der Waals surface area (Å²) in [5.41, 5.74) is 2.10. The molecule has 0 aliphatic carbocycles. The summed E-state index contributed by atoms with van der Waals surface area (Å²) in [6.07, 6.45) is -2.83. The second kappa shape index (κ2) is 23.6. The Hall–Kier alpha value is -4.26. The topological polar surface area (TPSA) is 108 Å². The smallest absolute Gasteiger partial charge is 0.450 e. The van der Waals surface area contributed by atoms with Crippen LogP contribution in [0.25, 0.3) is 0 Å². The maximum atomic E-state index is 14.8. The van der Waals surface area contributed by atoms with Crippen molar-refractivity contribution in [2.45, 2.75) is 109 Å². The molecule has 0 spiro atoms. The van der Waals surface area contributed by atoms with Gasteiger partial charge >= 0.3 is 13.8 Å². The zero-order chi connectivity index (χ0) is 44.5. The summed E-state index contributed by atoms with van der Waals surface area (Å²) in [5, 5.41) is 1.80. The first-order valence-corrected chi connectivity index (χ1v) is 25.5. The van der Waals surface area contributed by atoms with Crippen LogP contribution in [0, 0.1) is 0 Å². The number of hydrogen-bond donors (Lipinski definition) is 0. The van der Waals surface area contributed by atoms with Gasteiger partial charge in [-0.05, 0) is 51.5 Å². The van der Waals surface area contributed by atoms with Crippen molar-refractivity contribution in [3.8, 4) is 0 Å². The van der Waals surface area contributed by atoms with Gasteiger partial charge in [0, 0.05) is 0 Å². The van der Waals surface area contributed by atoms with E-state index in [1.165, 1.54) is 0 Å². The molecule has 1 saturated heterocycles. The normalized spacial score (nSPS) is 19.4. The lowest BCUT2D eigenvalue weighted by molar-refractivity contribution is -0.299. The Bertz CT molecular complexity index is 2070. The number of benzene rings is 5. The van der Waals surface area contributed by atoms with E-state index in [0.29, 0.717) is 18.4 Å². The van der Waals surface area contributed by atoms with Crippen LogP contribution in [0.1, 0.15) is 81.8 Å². The average molecular weight is 895 g/mol. The third-order valence-corrected chi connectivity index (χ3v) is 17.5. The van der Waals surface area contributed by atoms with Crippen LogP contribution in [0.5, 0.6) is 0 Å². The van der Waals surface area contributed by atoms with E-state index in [4.69, 9.17) is 36.9 Å². The standard InChI is InChI=1S/C51H63O10PSi/c1-6-8-35-56-62(53,57-36-9-7-2)61-50-48(60-49(52)42-29-19-12-20-30-42)47(55-38-41-27-17-11-18-28-41)46(54-37-40-25-15-10-16-26-40)45(59-50)39-58-63(51(3,4)5,43-31-21-13-22-32-43)44-33-23-14-24-34-44/h10-34,45-48,50H,6-9,35-39H2,1-5H3/t45-,46-,47+,48+,50-/m1/s1. The fourth-order valence-corrected chi connectivity index (χ4v) is 13.6. The molecule has 0 aromatic heterocycles. The van der Waals surface area contributed by atoms with Crippen molar-refractivity contribution in [3.05, 3.63) is 168 Å². The van der Waals surface area contributed by atoms with E-state index < -0.39 is 52.8 Å². The summed E-state index contributed by atoms with van der Waals surface area (Å²) in [6, 6.07) is 48.9. The summed E-state index contributed by atoms with van der Waals surface area (Å²) < 4.78 is 67.8. The van der Waals surface area contributed by atoms with Gasteiger partial charge < -0.3 is 23.4 Å². The molecular weight excluding hydrogens is 832 g/mol. The lowest BCUT2D eigenvalue weighted by Crippen LogP contribution is -2.68. The van der Waals surface area contributed by atoms with Crippen molar-refractivity contribution in [2.24, 2.45) is 0 Å². The van der Waals surface area contributed by atoms with Crippen LogP contribution in [-0.4, -0.2) is 64.8 Å². The minimum absolute atomic E-state index is 0.00876. The van der Waals surface area contributed by atoms with E-state index in [2.05, 4.69) is 45.0 Å². The van der Waals surface area contributed by atoms with Gasteiger partial charge in [-0.2, -0.15) is 0 Å². The Kier molecular flexibility index (Phi) is 18.1. The van der Waals surface area contributed by atoms with Crippen molar-refractivity contribution in [1.82, 2.24) is 0 Å². The van der Waals surface area contributed by atoms with Gasteiger partial charge in [-0.3, -0.25) is 13.6 Å². The second-order valence-electron chi connectivity index (χ2n) is 16.7. The van der Waals surface area contributed by atoms with Gasteiger partial charge in [0.2, 0.25) is 6.29 Å². The zero-order valence-electron chi connectivity index (χ0n) is 37.2. The molecule has 0 unspecified atom stereocenters. The molecule has 10 nitrogen and oxygen atoms in total. The van der Waals surface area contributed by atoms with Gasteiger partial charge in [0.15, 0.2) is 6.10 Å². The number of hydrogen-bond acceptors (Lipinski definition) is 10. The molecule has 5 aromatic carbocycles. The molecule has 0 bridgehead atoms. The number of unbranched alkanes of at least 4 members (excludes halogenated alkanes) is 2. The molecule has 1 aliphatic heterocycles. The number of carbonyl (C=O) groups is 1. The molecule has 5 atom stereocenters. The summed E-state index contributed by atoms with van der Waals surface area (Å²) in [4.78, 5) is 14.1. The van der Waals surface area contributed by atoms with Crippen molar-refractivity contribution < 1.29 is 46.3 Å². The molecule has 0 radical (unpaired) electrons. The molecule has 0 saturated carbocycles. The molecule has 6 rings (SSSR count). The van der Waals surface area contributed by atoms with E-state index in [-0.39, 0.29) is 38.1 Å². The third kappa shape index (κ3) is 12.9. The van der Waals surface area contributed by atoms with Crippen molar-refractivity contribution in [3.63, 3.8) is 0 Å².